The summed E-state index contributed by atoms with van der Waals surface area (Å²) in [7, 11) is 1.63. The largest absolute Gasteiger partial charge is 0.497 e. The third kappa shape index (κ3) is 7.98. The van der Waals surface area contributed by atoms with Crippen LogP contribution in [0, 0.1) is 0 Å². The third-order valence-corrected chi connectivity index (χ3v) is 4.22. The van der Waals surface area contributed by atoms with Gasteiger partial charge in [0.05, 0.1) is 13.7 Å². The van der Waals surface area contributed by atoms with Gasteiger partial charge in [0.1, 0.15) is 23.3 Å². The van der Waals surface area contributed by atoms with E-state index < -0.39 is 0 Å². The summed E-state index contributed by atoms with van der Waals surface area (Å²) in [6.07, 6.45) is 2.19. The van der Waals surface area contributed by atoms with E-state index in [4.69, 9.17) is 14.0 Å². The number of nitrogens with one attached hydrogen (secondary N) is 2. The minimum absolute atomic E-state index is 0. The van der Waals surface area contributed by atoms with Crippen molar-refractivity contribution in [2.45, 2.75) is 26.4 Å². The van der Waals surface area contributed by atoms with Gasteiger partial charge in [-0.15, -0.1) is 24.0 Å². The van der Waals surface area contributed by atoms with Crippen molar-refractivity contribution in [2.75, 3.05) is 26.7 Å². The number of benzene rings is 1. The number of methoxy groups -OCH3 is 1. The molecule has 1 atom stereocenters. The minimum Gasteiger partial charge on any atom is -0.497 e. The van der Waals surface area contributed by atoms with Crippen molar-refractivity contribution < 1.29 is 14.0 Å². The van der Waals surface area contributed by atoms with Crippen LogP contribution in [0.4, 0.5) is 0 Å². The Labute approximate surface area is 205 Å². The Kier molecular flexibility index (Phi) is 10.7. The Morgan fingerprint density at radius 2 is 2.00 bits per heavy atom. The molecule has 1 aromatic carbocycles. The fourth-order valence-electron chi connectivity index (χ4n) is 2.75. The fraction of sp³-hybridized carbons (Fsp3) is 0.364. The SMILES string of the molecule is CCNC(=NCC(C)Oc1cccc(OC)c1)NCCc1noc(-c2ccccn2)n1.I. The first-order valence-corrected chi connectivity index (χ1v) is 10.2. The second-order valence-corrected chi connectivity index (χ2v) is 6.73. The normalized spacial score (nSPS) is 11.9. The maximum atomic E-state index is 5.92. The van der Waals surface area contributed by atoms with Crippen molar-refractivity contribution in [3.63, 3.8) is 0 Å². The predicted molar refractivity (Wildman–Crippen MR) is 134 cm³/mol. The Morgan fingerprint density at radius 3 is 2.75 bits per heavy atom. The van der Waals surface area contributed by atoms with Crippen molar-refractivity contribution >= 4 is 29.9 Å². The van der Waals surface area contributed by atoms with Crippen LogP contribution < -0.4 is 20.1 Å². The van der Waals surface area contributed by atoms with Gasteiger partial charge in [-0.2, -0.15) is 4.98 Å². The maximum absolute atomic E-state index is 5.92. The summed E-state index contributed by atoms with van der Waals surface area (Å²) in [5.74, 6) is 3.24. The van der Waals surface area contributed by atoms with Crippen molar-refractivity contribution in [1.29, 1.82) is 0 Å². The molecule has 0 amide bonds. The van der Waals surface area contributed by atoms with Crippen LogP contribution in [0.3, 0.4) is 0 Å². The van der Waals surface area contributed by atoms with Gasteiger partial charge in [-0.1, -0.05) is 17.3 Å². The average molecular weight is 552 g/mol. The summed E-state index contributed by atoms with van der Waals surface area (Å²) in [6.45, 7) is 5.86. The van der Waals surface area contributed by atoms with Gasteiger partial charge in [0, 0.05) is 31.8 Å². The van der Waals surface area contributed by atoms with Gasteiger partial charge < -0.3 is 24.6 Å². The van der Waals surface area contributed by atoms with Crippen LogP contribution in [0.15, 0.2) is 58.2 Å². The van der Waals surface area contributed by atoms with Gasteiger partial charge in [0.25, 0.3) is 5.89 Å². The molecule has 0 radical (unpaired) electrons. The molecular formula is C22H29IN6O3. The molecule has 9 nitrogen and oxygen atoms in total. The van der Waals surface area contributed by atoms with E-state index in [0.717, 1.165) is 18.0 Å². The van der Waals surface area contributed by atoms with Gasteiger partial charge in [-0.3, -0.25) is 4.98 Å². The lowest BCUT2D eigenvalue weighted by atomic mass is 10.3. The minimum atomic E-state index is -0.0966. The van der Waals surface area contributed by atoms with E-state index in [-0.39, 0.29) is 30.1 Å². The topological polar surface area (TPSA) is 107 Å². The first-order chi connectivity index (χ1) is 15.2. The van der Waals surface area contributed by atoms with Crippen molar-refractivity contribution in [3.8, 4) is 23.1 Å². The van der Waals surface area contributed by atoms with Gasteiger partial charge in [0.2, 0.25) is 0 Å². The van der Waals surface area contributed by atoms with E-state index in [1.807, 2.05) is 56.3 Å². The predicted octanol–water partition coefficient (Wildman–Crippen LogP) is 3.32. The summed E-state index contributed by atoms with van der Waals surface area (Å²) in [5, 5.41) is 10.5. The lowest BCUT2D eigenvalue weighted by Gasteiger charge is -2.15. The lowest BCUT2D eigenvalue weighted by molar-refractivity contribution is 0.229. The molecule has 2 N–H and O–H groups in total. The number of guanidine groups is 1. The molecule has 0 fully saturated rings. The summed E-state index contributed by atoms with van der Waals surface area (Å²) >= 11 is 0. The highest BCUT2D eigenvalue weighted by Gasteiger charge is 2.10. The Bertz CT molecular complexity index is 967. The molecule has 0 saturated heterocycles. The maximum Gasteiger partial charge on any atom is 0.276 e. The number of ether oxygens (including phenoxy) is 2. The zero-order valence-corrected chi connectivity index (χ0v) is 20.8. The van der Waals surface area contributed by atoms with Crippen molar-refractivity contribution in [1.82, 2.24) is 25.8 Å². The van der Waals surface area contributed by atoms with Gasteiger partial charge in [-0.25, -0.2) is 4.99 Å². The van der Waals surface area contributed by atoms with E-state index in [9.17, 15) is 0 Å². The third-order valence-electron chi connectivity index (χ3n) is 4.22. The second kappa shape index (κ2) is 13.5. The van der Waals surface area contributed by atoms with Gasteiger partial charge in [-0.05, 0) is 38.1 Å². The average Bonchev–Trinajstić information content (AvgIpc) is 3.27. The Hall–Kier alpha value is -2.89. The lowest BCUT2D eigenvalue weighted by Crippen LogP contribution is -2.39. The molecule has 32 heavy (non-hydrogen) atoms. The van der Waals surface area contributed by atoms with E-state index in [1.165, 1.54) is 0 Å². The summed E-state index contributed by atoms with van der Waals surface area (Å²) < 4.78 is 16.4. The zero-order valence-electron chi connectivity index (χ0n) is 18.4. The molecular weight excluding hydrogens is 523 g/mol. The Morgan fingerprint density at radius 1 is 1.16 bits per heavy atom. The van der Waals surface area contributed by atoms with Crippen LogP contribution >= 0.6 is 24.0 Å². The number of aliphatic imine (C=N–C) groups is 1. The molecule has 3 rings (SSSR count). The highest BCUT2D eigenvalue weighted by Crippen LogP contribution is 2.20. The molecule has 3 aromatic rings. The fourth-order valence-corrected chi connectivity index (χ4v) is 2.75. The van der Waals surface area contributed by atoms with Crippen LogP contribution in [-0.2, 0) is 6.42 Å². The molecule has 0 aliphatic rings. The molecule has 2 aromatic heterocycles. The number of halogens is 1. The molecule has 2 heterocycles. The summed E-state index contributed by atoms with van der Waals surface area (Å²) in [4.78, 5) is 13.2. The quantitative estimate of drug-likeness (QED) is 0.224. The summed E-state index contributed by atoms with van der Waals surface area (Å²) in [6, 6.07) is 13.1. The first kappa shape index (κ1) is 25.4. The second-order valence-electron chi connectivity index (χ2n) is 6.73. The molecule has 0 spiro atoms. The van der Waals surface area contributed by atoms with Crippen molar-refractivity contribution in [2.24, 2.45) is 4.99 Å². The van der Waals surface area contributed by atoms with Gasteiger partial charge >= 0.3 is 0 Å². The Balaban J connectivity index is 0.00000363. The van der Waals surface area contributed by atoms with E-state index >= 15 is 0 Å². The van der Waals surface area contributed by atoms with Crippen LogP contribution in [0.25, 0.3) is 11.6 Å². The zero-order chi connectivity index (χ0) is 21.9. The molecule has 10 heteroatoms. The summed E-state index contributed by atoms with van der Waals surface area (Å²) in [5.41, 5.74) is 0.661. The molecule has 0 saturated carbocycles. The monoisotopic (exact) mass is 552 g/mol. The number of hydrogen-bond acceptors (Lipinski definition) is 7. The standard InChI is InChI=1S/C22H28N6O3.HI/c1-4-23-22(26-15-16(2)30-18-9-7-8-17(14-18)29-3)25-13-11-20-27-21(31-28-20)19-10-5-6-12-24-19;/h5-10,12,14,16H,4,11,13,15H2,1-3H3,(H2,23,25,26);1H. The molecule has 0 aliphatic carbocycles. The number of nitrogens with zero attached hydrogens (tertiary/aromatic N) is 4. The highest BCUT2D eigenvalue weighted by atomic mass is 127. The number of pyridine rings is 1. The molecule has 0 aliphatic heterocycles. The van der Waals surface area contributed by atoms with E-state index in [2.05, 4.69) is 30.8 Å². The number of rotatable bonds is 10. The molecule has 1 unspecified atom stereocenters. The van der Waals surface area contributed by atoms with E-state index in [1.54, 1.807) is 13.3 Å². The number of aromatic nitrogens is 3. The van der Waals surface area contributed by atoms with Crippen LogP contribution in [0.2, 0.25) is 0 Å². The van der Waals surface area contributed by atoms with Gasteiger partial charge in [0.15, 0.2) is 11.8 Å². The van der Waals surface area contributed by atoms with Crippen LogP contribution in [0.5, 0.6) is 11.5 Å². The van der Waals surface area contributed by atoms with Crippen LogP contribution in [-0.4, -0.2) is 53.9 Å². The van der Waals surface area contributed by atoms with Crippen molar-refractivity contribution in [3.05, 3.63) is 54.5 Å². The first-order valence-electron chi connectivity index (χ1n) is 10.2. The molecule has 0 bridgehead atoms. The van der Waals surface area contributed by atoms with Crippen LogP contribution in [0.1, 0.15) is 19.7 Å². The highest BCUT2D eigenvalue weighted by molar-refractivity contribution is 14.0. The molecule has 172 valence electrons. The van der Waals surface area contributed by atoms with E-state index in [0.29, 0.717) is 42.9 Å². The smallest absolute Gasteiger partial charge is 0.276 e. The number of hydrogen-bond donors (Lipinski definition) is 2.